The standard InChI is InChI=1S/C14H27N5/c1-7-9-19(8-2)12-10(3)11(18-15)16-13(17-12)14(4,5)6/h7-9,15H2,1-6H3,(H,16,17,18). The fourth-order valence-electron chi connectivity index (χ4n) is 1.97. The molecule has 0 saturated carbocycles. The van der Waals surface area contributed by atoms with Crippen LogP contribution in [0.2, 0.25) is 0 Å². The van der Waals surface area contributed by atoms with Crippen molar-refractivity contribution >= 4 is 11.6 Å². The van der Waals surface area contributed by atoms with E-state index in [1.165, 1.54) is 0 Å². The lowest BCUT2D eigenvalue weighted by Crippen LogP contribution is -2.29. The zero-order valence-electron chi connectivity index (χ0n) is 13.0. The zero-order chi connectivity index (χ0) is 14.6. The molecule has 0 unspecified atom stereocenters. The maximum absolute atomic E-state index is 5.59. The number of rotatable bonds is 5. The predicted octanol–water partition coefficient (Wildman–Crippen LogP) is 2.60. The number of nitrogens with zero attached hydrogens (tertiary/aromatic N) is 3. The Labute approximate surface area is 116 Å². The van der Waals surface area contributed by atoms with E-state index in [9.17, 15) is 0 Å². The molecule has 0 spiro atoms. The first-order chi connectivity index (χ1) is 8.85. The van der Waals surface area contributed by atoms with Crippen molar-refractivity contribution in [3.8, 4) is 0 Å². The Bertz CT molecular complexity index is 423. The molecule has 0 radical (unpaired) electrons. The molecule has 1 rings (SSSR count). The third-order valence-electron chi connectivity index (χ3n) is 3.10. The minimum absolute atomic E-state index is 0.0975. The van der Waals surface area contributed by atoms with Crippen LogP contribution in [0, 0.1) is 6.92 Å². The van der Waals surface area contributed by atoms with Crippen LogP contribution in [0.3, 0.4) is 0 Å². The second-order valence-corrected chi connectivity index (χ2v) is 5.82. The molecule has 0 atom stereocenters. The maximum atomic E-state index is 5.59. The van der Waals surface area contributed by atoms with Crippen molar-refractivity contribution in [1.29, 1.82) is 0 Å². The molecule has 0 amide bonds. The first-order valence-electron chi connectivity index (χ1n) is 6.95. The number of aromatic nitrogens is 2. The van der Waals surface area contributed by atoms with Gasteiger partial charge < -0.3 is 10.3 Å². The molecule has 3 N–H and O–H groups in total. The summed E-state index contributed by atoms with van der Waals surface area (Å²) < 4.78 is 0. The quantitative estimate of drug-likeness (QED) is 0.633. The van der Waals surface area contributed by atoms with Crippen LogP contribution in [0.1, 0.15) is 52.4 Å². The van der Waals surface area contributed by atoms with Gasteiger partial charge in [-0.25, -0.2) is 15.8 Å². The second-order valence-electron chi connectivity index (χ2n) is 5.82. The van der Waals surface area contributed by atoms with Gasteiger partial charge in [-0.05, 0) is 20.3 Å². The van der Waals surface area contributed by atoms with Gasteiger partial charge in [-0.15, -0.1) is 0 Å². The highest BCUT2D eigenvalue weighted by Gasteiger charge is 2.22. The molecular formula is C14H27N5. The summed E-state index contributed by atoms with van der Waals surface area (Å²) in [6.45, 7) is 14.6. The molecule has 0 aliphatic heterocycles. The topological polar surface area (TPSA) is 67.1 Å². The van der Waals surface area contributed by atoms with Crippen LogP contribution in [0.5, 0.6) is 0 Å². The summed E-state index contributed by atoms with van der Waals surface area (Å²) in [4.78, 5) is 11.6. The van der Waals surface area contributed by atoms with Crippen LogP contribution < -0.4 is 16.2 Å². The smallest absolute Gasteiger partial charge is 0.148 e. The van der Waals surface area contributed by atoms with E-state index >= 15 is 0 Å². The molecule has 1 heterocycles. The molecule has 1 aromatic rings. The van der Waals surface area contributed by atoms with E-state index in [1.54, 1.807) is 0 Å². The fourth-order valence-corrected chi connectivity index (χ4v) is 1.97. The third kappa shape index (κ3) is 3.56. The fraction of sp³-hybridized carbons (Fsp3) is 0.714. The lowest BCUT2D eigenvalue weighted by molar-refractivity contribution is 0.544. The summed E-state index contributed by atoms with van der Waals surface area (Å²) in [5, 5.41) is 0. The summed E-state index contributed by atoms with van der Waals surface area (Å²) in [5.74, 6) is 8.10. The molecule has 5 heteroatoms. The van der Waals surface area contributed by atoms with Crippen molar-refractivity contribution in [3.05, 3.63) is 11.4 Å². The van der Waals surface area contributed by atoms with E-state index < -0.39 is 0 Å². The zero-order valence-corrected chi connectivity index (χ0v) is 13.0. The highest BCUT2D eigenvalue weighted by molar-refractivity contribution is 5.58. The highest BCUT2D eigenvalue weighted by Crippen LogP contribution is 2.28. The molecule has 0 aliphatic carbocycles. The van der Waals surface area contributed by atoms with Gasteiger partial charge in [0.25, 0.3) is 0 Å². The summed E-state index contributed by atoms with van der Waals surface area (Å²) in [6.07, 6.45) is 1.09. The van der Waals surface area contributed by atoms with Crippen molar-refractivity contribution < 1.29 is 0 Å². The molecular weight excluding hydrogens is 238 g/mol. The molecule has 1 aromatic heterocycles. The Morgan fingerprint density at radius 3 is 2.26 bits per heavy atom. The average Bonchev–Trinajstić information content (AvgIpc) is 2.35. The van der Waals surface area contributed by atoms with Crippen LogP contribution in [-0.2, 0) is 5.41 Å². The summed E-state index contributed by atoms with van der Waals surface area (Å²) >= 11 is 0. The summed E-state index contributed by atoms with van der Waals surface area (Å²) in [5.41, 5.74) is 3.60. The third-order valence-corrected chi connectivity index (χ3v) is 3.10. The van der Waals surface area contributed by atoms with Gasteiger partial charge in [0.05, 0.1) is 0 Å². The number of hydrogen-bond donors (Lipinski definition) is 2. The Balaban J connectivity index is 3.36. The minimum Gasteiger partial charge on any atom is -0.357 e. The van der Waals surface area contributed by atoms with E-state index in [0.717, 1.165) is 36.7 Å². The molecule has 0 saturated heterocycles. The molecule has 0 fully saturated rings. The Hall–Kier alpha value is -1.36. The number of nitrogens with two attached hydrogens (primary N) is 1. The maximum Gasteiger partial charge on any atom is 0.148 e. The predicted molar refractivity (Wildman–Crippen MR) is 81.5 cm³/mol. The van der Waals surface area contributed by atoms with E-state index in [1.807, 2.05) is 6.92 Å². The highest BCUT2D eigenvalue weighted by atomic mass is 15.3. The summed E-state index contributed by atoms with van der Waals surface area (Å²) in [7, 11) is 0. The van der Waals surface area contributed by atoms with Gasteiger partial charge in [0.15, 0.2) is 0 Å². The number of nitrogens with one attached hydrogen (secondary N) is 1. The van der Waals surface area contributed by atoms with E-state index in [2.05, 4.69) is 49.9 Å². The van der Waals surface area contributed by atoms with Gasteiger partial charge in [0.2, 0.25) is 0 Å². The van der Waals surface area contributed by atoms with Crippen LogP contribution in [0.4, 0.5) is 11.6 Å². The molecule has 19 heavy (non-hydrogen) atoms. The van der Waals surface area contributed by atoms with Gasteiger partial charge in [0.1, 0.15) is 17.5 Å². The number of anilines is 2. The minimum atomic E-state index is -0.0975. The van der Waals surface area contributed by atoms with Gasteiger partial charge >= 0.3 is 0 Å². The lowest BCUT2D eigenvalue weighted by atomic mass is 9.95. The number of hydrogen-bond acceptors (Lipinski definition) is 5. The Morgan fingerprint density at radius 1 is 1.21 bits per heavy atom. The number of nitrogen functional groups attached to an aromatic ring is 1. The van der Waals surface area contributed by atoms with E-state index in [-0.39, 0.29) is 5.41 Å². The van der Waals surface area contributed by atoms with Crippen LogP contribution in [0.15, 0.2) is 0 Å². The largest absolute Gasteiger partial charge is 0.357 e. The molecule has 0 aliphatic rings. The van der Waals surface area contributed by atoms with E-state index in [0.29, 0.717) is 5.82 Å². The van der Waals surface area contributed by atoms with Crippen molar-refractivity contribution in [2.45, 2.75) is 53.4 Å². The SMILES string of the molecule is CCCN(CC)c1nc(C(C)(C)C)nc(NN)c1C. The molecule has 0 bridgehead atoms. The van der Waals surface area contributed by atoms with Crippen molar-refractivity contribution in [3.63, 3.8) is 0 Å². The average molecular weight is 265 g/mol. The van der Waals surface area contributed by atoms with Crippen LogP contribution >= 0.6 is 0 Å². The van der Waals surface area contributed by atoms with Gasteiger partial charge in [-0.2, -0.15) is 0 Å². The Morgan fingerprint density at radius 2 is 1.84 bits per heavy atom. The van der Waals surface area contributed by atoms with E-state index in [4.69, 9.17) is 10.8 Å². The molecule has 5 nitrogen and oxygen atoms in total. The van der Waals surface area contributed by atoms with Gasteiger partial charge in [0, 0.05) is 24.1 Å². The van der Waals surface area contributed by atoms with Gasteiger partial charge in [-0.1, -0.05) is 27.7 Å². The van der Waals surface area contributed by atoms with Crippen molar-refractivity contribution in [1.82, 2.24) is 9.97 Å². The first kappa shape index (κ1) is 15.7. The van der Waals surface area contributed by atoms with Crippen LogP contribution in [0.25, 0.3) is 0 Å². The molecule has 0 aromatic carbocycles. The van der Waals surface area contributed by atoms with Gasteiger partial charge in [-0.3, -0.25) is 0 Å². The van der Waals surface area contributed by atoms with Crippen molar-refractivity contribution in [2.75, 3.05) is 23.4 Å². The second kappa shape index (κ2) is 6.19. The van der Waals surface area contributed by atoms with Crippen LogP contribution in [-0.4, -0.2) is 23.1 Å². The number of hydrazine groups is 1. The monoisotopic (exact) mass is 265 g/mol. The Kier molecular flexibility index (Phi) is 5.11. The lowest BCUT2D eigenvalue weighted by Gasteiger charge is -2.27. The summed E-state index contributed by atoms with van der Waals surface area (Å²) in [6, 6.07) is 0. The van der Waals surface area contributed by atoms with Crippen molar-refractivity contribution in [2.24, 2.45) is 5.84 Å². The normalized spacial score (nSPS) is 11.5. The first-order valence-corrected chi connectivity index (χ1v) is 6.95. The molecule has 108 valence electrons.